The van der Waals surface area contributed by atoms with Gasteiger partial charge < -0.3 is 10.6 Å². The van der Waals surface area contributed by atoms with E-state index in [0.717, 1.165) is 31.2 Å². The van der Waals surface area contributed by atoms with Crippen molar-refractivity contribution >= 4 is 28.3 Å². The van der Waals surface area contributed by atoms with Crippen molar-refractivity contribution < 1.29 is 13.2 Å². The fraction of sp³-hybridized carbons (Fsp3) is 0.632. The SMILES string of the molecule is CC1CCC(NS(=O)(=O)CC(=O)N(CCCN)Cc2ccccc2)CC1.Cl. The van der Waals surface area contributed by atoms with Crippen LogP contribution in [0.5, 0.6) is 0 Å². The van der Waals surface area contributed by atoms with Gasteiger partial charge in [-0.1, -0.05) is 37.3 Å². The predicted octanol–water partition coefficient (Wildman–Crippen LogP) is 2.28. The smallest absolute Gasteiger partial charge is 0.239 e. The van der Waals surface area contributed by atoms with Gasteiger partial charge in [0.2, 0.25) is 15.9 Å². The molecule has 1 aromatic carbocycles. The number of nitrogens with two attached hydrogens (primary N) is 1. The first-order chi connectivity index (χ1) is 12.4. The molecule has 0 radical (unpaired) electrons. The maximum absolute atomic E-state index is 12.6. The lowest BCUT2D eigenvalue weighted by atomic mass is 9.88. The number of carbonyl (C=O) groups excluding carboxylic acids is 1. The van der Waals surface area contributed by atoms with Crippen LogP contribution in [0.4, 0.5) is 0 Å². The first-order valence-corrected chi connectivity index (χ1v) is 11.1. The van der Waals surface area contributed by atoms with Gasteiger partial charge in [0.05, 0.1) is 0 Å². The lowest BCUT2D eigenvalue weighted by Gasteiger charge is -2.27. The number of nitrogens with zero attached hydrogens (tertiary/aromatic N) is 1. The molecule has 0 spiro atoms. The summed E-state index contributed by atoms with van der Waals surface area (Å²) >= 11 is 0. The van der Waals surface area contributed by atoms with Crippen LogP contribution in [-0.2, 0) is 21.4 Å². The lowest BCUT2D eigenvalue weighted by Crippen LogP contribution is -2.44. The molecule has 1 aliphatic rings. The molecule has 3 N–H and O–H groups in total. The Hall–Kier alpha value is -1.15. The molecule has 1 fully saturated rings. The molecule has 1 aliphatic carbocycles. The number of benzene rings is 1. The lowest BCUT2D eigenvalue weighted by molar-refractivity contribution is -0.129. The number of carbonyl (C=O) groups is 1. The monoisotopic (exact) mass is 417 g/mol. The summed E-state index contributed by atoms with van der Waals surface area (Å²) in [6.07, 6.45) is 4.38. The molecule has 1 aromatic rings. The maximum atomic E-state index is 12.6. The highest BCUT2D eigenvalue weighted by Crippen LogP contribution is 2.23. The van der Waals surface area contributed by atoms with Crippen molar-refractivity contribution in [3.05, 3.63) is 35.9 Å². The minimum Gasteiger partial charge on any atom is -0.337 e. The van der Waals surface area contributed by atoms with Crippen LogP contribution in [0.2, 0.25) is 0 Å². The van der Waals surface area contributed by atoms with Crippen LogP contribution in [0, 0.1) is 5.92 Å². The molecule has 8 heteroatoms. The van der Waals surface area contributed by atoms with Gasteiger partial charge in [-0.15, -0.1) is 12.4 Å². The van der Waals surface area contributed by atoms with E-state index < -0.39 is 15.8 Å². The minimum atomic E-state index is -3.63. The van der Waals surface area contributed by atoms with Crippen LogP contribution in [0.3, 0.4) is 0 Å². The summed E-state index contributed by atoms with van der Waals surface area (Å²) in [5.41, 5.74) is 6.54. The fourth-order valence-electron chi connectivity index (χ4n) is 3.31. The summed E-state index contributed by atoms with van der Waals surface area (Å²) in [5.74, 6) is -0.231. The third-order valence-corrected chi connectivity index (χ3v) is 6.20. The van der Waals surface area contributed by atoms with Gasteiger partial charge in [-0.05, 0) is 50.1 Å². The van der Waals surface area contributed by atoms with Crippen LogP contribution in [-0.4, -0.2) is 44.1 Å². The number of rotatable bonds is 9. The molecule has 0 bridgehead atoms. The van der Waals surface area contributed by atoms with Gasteiger partial charge >= 0.3 is 0 Å². The van der Waals surface area contributed by atoms with Crippen molar-refractivity contribution in [1.82, 2.24) is 9.62 Å². The molecular formula is C19H32ClN3O3S. The van der Waals surface area contributed by atoms with Gasteiger partial charge in [0, 0.05) is 19.1 Å². The quantitative estimate of drug-likeness (QED) is 0.644. The highest BCUT2D eigenvalue weighted by molar-refractivity contribution is 7.90. The molecule has 0 aliphatic heterocycles. The van der Waals surface area contributed by atoms with E-state index in [1.54, 1.807) is 4.90 Å². The van der Waals surface area contributed by atoms with Gasteiger partial charge in [-0.2, -0.15) is 0 Å². The average molecular weight is 418 g/mol. The van der Waals surface area contributed by atoms with Crippen LogP contribution in [0.15, 0.2) is 30.3 Å². The largest absolute Gasteiger partial charge is 0.337 e. The Morgan fingerprint density at radius 3 is 2.41 bits per heavy atom. The Morgan fingerprint density at radius 2 is 1.81 bits per heavy atom. The molecule has 154 valence electrons. The third-order valence-electron chi connectivity index (χ3n) is 4.88. The number of halogens is 1. The summed E-state index contributed by atoms with van der Waals surface area (Å²) in [4.78, 5) is 14.2. The number of amides is 1. The van der Waals surface area contributed by atoms with Gasteiger partial charge in [-0.3, -0.25) is 4.79 Å². The molecule has 1 amide bonds. The van der Waals surface area contributed by atoms with Crippen molar-refractivity contribution in [2.45, 2.75) is 51.6 Å². The second-order valence-corrected chi connectivity index (χ2v) is 9.03. The molecule has 0 aromatic heterocycles. The average Bonchev–Trinajstić information content (AvgIpc) is 2.60. The predicted molar refractivity (Wildman–Crippen MR) is 111 cm³/mol. The van der Waals surface area contributed by atoms with Crippen molar-refractivity contribution in [1.29, 1.82) is 0 Å². The first kappa shape index (κ1) is 23.9. The Morgan fingerprint density at radius 1 is 1.19 bits per heavy atom. The summed E-state index contributed by atoms with van der Waals surface area (Å²) in [6, 6.07) is 9.54. The standard InChI is InChI=1S/C19H31N3O3S.ClH/c1-16-8-10-18(11-9-16)21-26(24,25)15-19(23)22(13-5-12-20)14-17-6-3-2-4-7-17;/h2-4,6-7,16,18,21H,5,8-15,20H2,1H3;1H. The molecule has 0 heterocycles. The van der Waals surface area contributed by atoms with E-state index in [0.29, 0.717) is 32.0 Å². The Balaban J connectivity index is 0.00000364. The van der Waals surface area contributed by atoms with E-state index >= 15 is 0 Å². The number of hydrogen-bond donors (Lipinski definition) is 2. The van der Waals surface area contributed by atoms with Crippen molar-refractivity contribution in [3.63, 3.8) is 0 Å². The maximum Gasteiger partial charge on any atom is 0.239 e. The Labute approximate surface area is 169 Å². The zero-order chi connectivity index (χ0) is 19.0. The summed E-state index contributed by atoms with van der Waals surface area (Å²) in [5, 5.41) is 0. The van der Waals surface area contributed by atoms with Gasteiger partial charge in [-0.25, -0.2) is 13.1 Å². The molecular weight excluding hydrogens is 386 g/mol. The van der Waals surface area contributed by atoms with Crippen molar-refractivity contribution in [3.8, 4) is 0 Å². The van der Waals surface area contributed by atoms with E-state index in [1.807, 2.05) is 30.3 Å². The molecule has 0 atom stereocenters. The number of hydrogen-bond acceptors (Lipinski definition) is 4. The fourth-order valence-corrected chi connectivity index (χ4v) is 4.64. The summed E-state index contributed by atoms with van der Waals surface area (Å²) in [7, 11) is -3.63. The van der Waals surface area contributed by atoms with E-state index in [-0.39, 0.29) is 24.4 Å². The van der Waals surface area contributed by atoms with E-state index in [1.165, 1.54) is 0 Å². The van der Waals surface area contributed by atoms with Gasteiger partial charge in [0.25, 0.3) is 0 Å². The normalized spacial score (nSPS) is 19.9. The third kappa shape index (κ3) is 8.60. The highest BCUT2D eigenvalue weighted by atomic mass is 35.5. The van der Waals surface area contributed by atoms with Crippen LogP contribution >= 0.6 is 12.4 Å². The molecule has 27 heavy (non-hydrogen) atoms. The summed E-state index contributed by atoms with van der Waals surface area (Å²) < 4.78 is 27.6. The zero-order valence-electron chi connectivity index (χ0n) is 16.0. The molecule has 1 saturated carbocycles. The van der Waals surface area contributed by atoms with Crippen LogP contribution in [0.25, 0.3) is 0 Å². The minimum absolute atomic E-state index is 0. The Bertz CT molecular complexity index is 662. The second-order valence-electron chi connectivity index (χ2n) is 7.28. The highest BCUT2D eigenvalue weighted by Gasteiger charge is 2.26. The zero-order valence-corrected chi connectivity index (χ0v) is 17.6. The molecule has 0 saturated heterocycles. The molecule has 6 nitrogen and oxygen atoms in total. The first-order valence-electron chi connectivity index (χ1n) is 9.41. The van der Waals surface area contributed by atoms with E-state index in [4.69, 9.17) is 5.73 Å². The van der Waals surface area contributed by atoms with Gasteiger partial charge in [0.1, 0.15) is 5.75 Å². The number of sulfonamides is 1. The molecule has 0 unspecified atom stereocenters. The molecule has 2 rings (SSSR count). The van der Waals surface area contributed by atoms with E-state index in [9.17, 15) is 13.2 Å². The van der Waals surface area contributed by atoms with Crippen LogP contribution in [0.1, 0.15) is 44.6 Å². The second kappa shape index (κ2) is 11.6. The van der Waals surface area contributed by atoms with Crippen molar-refractivity contribution in [2.24, 2.45) is 11.7 Å². The van der Waals surface area contributed by atoms with Crippen LogP contribution < -0.4 is 10.5 Å². The number of nitrogens with one attached hydrogen (secondary N) is 1. The topological polar surface area (TPSA) is 92.5 Å². The Kier molecular flexibility index (Phi) is 10.3. The van der Waals surface area contributed by atoms with Gasteiger partial charge in [0.15, 0.2) is 0 Å². The van der Waals surface area contributed by atoms with Crippen molar-refractivity contribution in [2.75, 3.05) is 18.8 Å². The van der Waals surface area contributed by atoms with E-state index in [2.05, 4.69) is 11.6 Å². The summed E-state index contributed by atoms with van der Waals surface area (Å²) in [6.45, 7) is 3.51.